The van der Waals surface area contributed by atoms with Crippen molar-refractivity contribution < 1.29 is 14.0 Å². The molecule has 3 heterocycles. The number of piperidine rings is 1. The number of nitrogens with zero attached hydrogens (tertiary/aromatic N) is 1. The van der Waals surface area contributed by atoms with Crippen molar-refractivity contribution in [2.75, 3.05) is 26.2 Å². The summed E-state index contributed by atoms with van der Waals surface area (Å²) < 4.78 is 5.55. The Labute approximate surface area is 130 Å². The highest BCUT2D eigenvalue weighted by Gasteiger charge is 2.28. The first-order valence-electron chi connectivity index (χ1n) is 8.06. The van der Waals surface area contributed by atoms with E-state index in [1.165, 1.54) is 12.8 Å². The highest BCUT2D eigenvalue weighted by atomic mass is 16.3. The molecule has 2 saturated heterocycles. The molecule has 2 N–H and O–H groups in total. The Morgan fingerprint density at radius 3 is 2.91 bits per heavy atom. The summed E-state index contributed by atoms with van der Waals surface area (Å²) in [6, 6.07) is 3.95. The fourth-order valence-electron chi connectivity index (χ4n) is 3.24. The van der Waals surface area contributed by atoms with Crippen LogP contribution in [0.15, 0.2) is 22.8 Å². The zero-order chi connectivity index (χ0) is 15.4. The molecule has 2 aliphatic heterocycles. The Kier molecular flexibility index (Phi) is 4.77. The number of furan rings is 1. The van der Waals surface area contributed by atoms with Crippen molar-refractivity contribution in [1.29, 1.82) is 0 Å². The Morgan fingerprint density at radius 1 is 1.45 bits per heavy atom. The van der Waals surface area contributed by atoms with Crippen LogP contribution in [0.3, 0.4) is 0 Å². The average Bonchev–Trinajstić information content (AvgIpc) is 3.22. The zero-order valence-electron chi connectivity index (χ0n) is 12.7. The molecule has 0 aliphatic carbocycles. The summed E-state index contributed by atoms with van der Waals surface area (Å²) in [6.07, 6.45) is 5.13. The minimum Gasteiger partial charge on any atom is -0.468 e. The molecule has 1 aromatic rings. The van der Waals surface area contributed by atoms with Crippen molar-refractivity contribution in [3.63, 3.8) is 0 Å². The summed E-state index contributed by atoms with van der Waals surface area (Å²) in [7, 11) is 0. The maximum Gasteiger partial charge on any atom is 0.224 e. The standard InChI is InChI=1S/C16H23N3O3/c20-15-6-5-12(10-17-15)16(21)18-11-13(14-4-3-9-22-14)19-7-1-2-8-19/h3-4,9,12-13H,1-2,5-8,10-11H2,(H,17,20)(H,18,21)/t12-,13+/m1/s1. The molecule has 2 fully saturated rings. The molecule has 0 spiro atoms. The van der Waals surface area contributed by atoms with Crippen molar-refractivity contribution >= 4 is 11.8 Å². The maximum absolute atomic E-state index is 12.3. The highest BCUT2D eigenvalue weighted by molar-refractivity contribution is 5.83. The monoisotopic (exact) mass is 305 g/mol. The van der Waals surface area contributed by atoms with E-state index in [9.17, 15) is 9.59 Å². The fourth-order valence-corrected chi connectivity index (χ4v) is 3.24. The molecular weight excluding hydrogens is 282 g/mol. The molecule has 1 aromatic heterocycles. The first kappa shape index (κ1) is 15.1. The van der Waals surface area contributed by atoms with Crippen LogP contribution in [0.4, 0.5) is 0 Å². The average molecular weight is 305 g/mol. The Hall–Kier alpha value is -1.82. The number of carbonyl (C=O) groups excluding carboxylic acids is 2. The molecular formula is C16H23N3O3. The number of carbonyl (C=O) groups is 2. The van der Waals surface area contributed by atoms with Crippen molar-refractivity contribution in [2.24, 2.45) is 5.92 Å². The molecule has 0 bridgehead atoms. The predicted molar refractivity (Wildman–Crippen MR) is 81.0 cm³/mol. The number of rotatable bonds is 5. The lowest BCUT2D eigenvalue weighted by Crippen LogP contribution is -2.45. The molecule has 2 atom stereocenters. The number of amides is 2. The quantitative estimate of drug-likeness (QED) is 0.853. The maximum atomic E-state index is 12.3. The third kappa shape index (κ3) is 3.50. The van der Waals surface area contributed by atoms with Gasteiger partial charge in [0.05, 0.1) is 18.2 Å². The van der Waals surface area contributed by atoms with Gasteiger partial charge >= 0.3 is 0 Å². The van der Waals surface area contributed by atoms with Gasteiger partial charge in [0.15, 0.2) is 0 Å². The molecule has 3 rings (SSSR count). The normalized spacial score (nSPS) is 24.0. The van der Waals surface area contributed by atoms with Crippen LogP contribution < -0.4 is 10.6 Å². The van der Waals surface area contributed by atoms with Gasteiger partial charge in [-0.25, -0.2) is 0 Å². The van der Waals surface area contributed by atoms with Crippen LogP contribution in [0.25, 0.3) is 0 Å². The number of nitrogens with one attached hydrogen (secondary N) is 2. The van der Waals surface area contributed by atoms with Crippen LogP contribution in [-0.2, 0) is 9.59 Å². The zero-order valence-corrected chi connectivity index (χ0v) is 12.7. The van der Waals surface area contributed by atoms with Crippen LogP contribution in [0.2, 0.25) is 0 Å². The molecule has 0 radical (unpaired) electrons. The summed E-state index contributed by atoms with van der Waals surface area (Å²) in [5.41, 5.74) is 0. The van der Waals surface area contributed by atoms with Crippen molar-refractivity contribution in [3.8, 4) is 0 Å². The second kappa shape index (κ2) is 6.96. The van der Waals surface area contributed by atoms with Crippen molar-refractivity contribution in [1.82, 2.24) is 15.5 Å². The van der Waals surface area contributed by atoms with Gasteiger partial charge in [0.1, 0.15) is 5.76 Å². The lowest BCUT2D eigenvalue weighted by molar-refractivity contribution is -0.129. The van der Waals surface area contributed by atoms with Gasteiger partial charge in [-0.15, -0.1) is 0 Å². The van der Waals surface area contributed by atoms with Gasteiger partial charge in [0.25, 0.3) is 0 Å². The fraction of sp³-hybridized carbons (Fsp3) is 0.625. The Morgan fingerprint density at radius 2 is 2.27 bits per heavy atom. The van der Waals surface area contributed by atoms with E-state index in [4.69, 9.17) is 4.42 Å². The van der Waals surface area contributed by atoms with E-state index >= 15 is 0 Å². The van der Waals surface area contributed by atoms with Gasteiger partial charge in [0.2, 0.25) is 11.8 Å². The number of likely N-dealkylation sites (tertiary alicyclic amines) is 1. The van der Waals surface area contributed by atoms with Crippen LogP contribution >= 0.6 is 0 Å². The SMILES string of the molecule is O=C1CC[C@@H](C(=O)NC[C@@H](c2ccco2)N2CCCC2)CN1. The predicted octanol–water partition coefficient (Wildman–Crippen LogP) is 1.06. The summed E-state index contributed by atoms with van der Waals surface area (Å²) in [6.45, 7) is 3.08. The molecule has 120 valence electrons. The summed E-state index contributed by atoms with van der Waals surface area (Å²) >= 11 is 0. The second-order valence-electron chi connectivity index (χ2n) is 6.06. The van der Waals surface area contributed by atoms with Gasteiger partial charge in [0, 0.05) is 19.5 Å². The summed E-state index contributed by atoms with van der Waals surface area (Å²) in [4.78, 5) is 25.8. The van der Waals surface area contributed by atoms with Crippen molar-refractivity contribution in [3.05, 3.63) is 24.2 Å². The summed E-state index contributed by atoms with van der Waals surface area (Å²) in [5.74, 6) is 0.845. The molecule has 0 unspecified atom stereocenters. The third-order valence-electron chi connectivity index (χ3n) is 4.56. The molecule has 0 aromatic carbocycles. The largest absolute Gasteiger partial charge is 0.468 e. The first-order valence-corrected chi connectivity index (χ1v) is 8.06. The van der Waals surface area contributed by atoms with E-state index < -0.39 is 0 Å². The van der Waals surface area contributed by atoms with Gasteiger partial charge in [-0.05, 0) is 44.5 Å². The Bertz CT molecular complexity index is 499. The molecule has 6 heteroatoms. The molecule has 22 heavy (non-hydrogen) atoms. The van der Waals surface area contributed by atoms with E-state index in [0.717, 1.165) is 18.8 Å². The summed E-state index contributed by atoms with van der Waals surface area (Å²) in [5, 5.41) is 5.80. The van der Waals surface area contributed by atoms with Crippen LogP contribution in [0.5, 0.6) is 0 Å². The topological polar surface area (TPSA) is 74.6 Å². The minimum atomic E-state index is -0.117. The van der Waals surface area contributed by atoms with Crippen LogP contribution in [0.1, 0.15) is 37.5 Å². The van der Waals surface area contributed by atoms with Gasteiger partial charge < -0.3 is 15.1 Å². The molecule has 6 nitrogen and oxygen atoms in total. The van der Waals surface area contributed by atoms with E-state index in [2.05, 4.69) is 15.5 Å². The third-order valence-corrected chi connectivity index (χ3v) is 4.56. The molecule has 0 saturated carbocycles. The van der Waals surface area contributed by atoms with E-state index in [1.54, 1.807) is 6.26 Å². The van der Waals surface area contributed by atoms with Crippen molar-refractivity contribution in [2.45, 2.75) is 31.7 Å². The molecule has 2 amide bonds. The lowest BCUT2D eigenvalue weighted by Gasteiger charge is -2.27. The van der Waals surface area contributed by atoms with Gasteiger partial charge in [-0.3, -0.25) is 14.5 Å². The van der Waals surface area contributed by atoms with E-state index in [1.807, 2.05) is 12.1 Å². The highest BCUT2D eigenvalue weighted by Crippen LogP contribution is 2.25. The first-order chi connectivity index (χ1) is 10.7. The van der Waals surface area contributed by atoms with E-state index in [-0.39, 0.29) is 23.8 Å². The van der Waals surface area contributed by atoms with E-state index in [0.29, 0.717) is 25.9 Å². The van der Waals surface area contributed by atoms with Crippen LogP contribution in [0, 0.1) is 5.92 Å². The number of hydrogen-bond acceptors (Lipinski definition) is 4. The minimum absolute atomic E-state index is 0.0238. The Balaban J connectivity index is 1.57. The second-order valence-corrected chi connectivity index (χ2v) is 6.06. The van der Waals surface area contributed by atoms with Gasteiger partial charge in [-0.1, -0.05) is 0 Å². The van der Waals surface area contributed by atoms with Gasteiger partial charge in [-0.2, -0.15) is 0 Å². The van der Waals surface area contributed by atoms with Crippen LogP contribution in [-0.4, -0.2) is 42.9 Å². The lowest BCUT2D eigenvalue weighted by atomic mass is 9.98. The smallest absolute Gasteiger partial charge is 0.224 e. The number of hydrogen-bond donors (Lipinski definition) is 2. The molecule has 2 aliphatic rings.